The molecule has 0 saturated heterocycles. The first-order valence-corrected chi connectivity index (χ1v) is 7.33. The van der Waals surface area contributed by atoms with E-state index in [0.717, 1.165) is 36.3 Å². The summed E-state index contributed by atoms with van der Waals surface area (Å²) < 4.78 is 11.2. The van der Waals surface area contributed by atoms with Gasteiger partial charge in [0.2, 0.25) is 0 Å². The van der Waals surface area contributed by atoms with Crippen molar-refractivity contribution in [3.8, 4) is 11.5 Å². The Morgan fingerprint density at radius 2 is 1.81 bits per heavy atom. The predicted molar refractivity (Wildman–Crippen MR) is 87.6 cm³/mol. The Morgan fingerprint density at radius 1 is 1.05 bits per heavy atom. The third-order valence-electron chi connectivity index (χ3n) is 3.40. The standard InChI is InChI=1S/C19H22O2/c1-4-5-9-16-14-18(12-13-19(16)15(2)20-3)21-17-10-7-6-8-11-17/h6-8,10-14H,2,4-5,9H2,1,3H3. The van der Waals surface area contributed by atoms with Gasteiger partial charge in [-0.2, -0.15) is 0 Å². The highest BCUT2D eigenvalue weighted by Crippen LogP contribution is 2.28. The van der Waals surface area contributed by atoms with Crippen LogP contribution in [-0.4, -0.2) is 7.11 Å². The van der Waals surface area contributed by atoms with Gasteiger partial charge in [0.1, 0.15) is 17.3 Å². The molecule has 0 aliphatic rings. The maximum Gasteiger partial charge on any atom is 0.127 e. The average molecular weight is 282 g/mol. The molecular weight excluding hydrogens is 260 g/mol. The Hall–Kier alpha value is -2.22. The van der Waals surface area contributed by atoms with Gasteiger partial charge in [0.25, 0.3) is 0 Å². The third kappa shape index (κ3) is 4.12. The van der Waals surface area contributed by atoms with Crippen molar-refractivity contribution in [3.05, 3.63) is 66.2 Å². The molecule has 2 nitrogen and oxygen atoms in total. The van der Waals surface area contributed by atoms with E-state index in [1.807, 2.05) is 42.5 Å². The topological polar surface area (TPSA) is 18.5 Å². The second kappa shape index (κ2) is 7.53. The molecule has 0 saturated carbocycles. The lowest BCUT2D eigenvalue weighted by Crippen LogP contribution is -1.96. The number of ether oxygens (including phenoxy) is 2. The number of unbranched alkanes of at least 4 members (excludes halogenated alkanes) is 1. The molecule has 0 bridgehead atoms. The van der Waals surface area contributed by atoms with E-state index in [9.17, 15) is 0 Å². The fraction of sp³-hybridized carbons (Fsp3) is 0.263. The minimum atomic E-state index is 0.701. The molecule has 0 fully saturated rings. The molecule has 2 rings (SSSR count). The SMILES string of the molecule is C=C(OC)c1ccc(Oc2ccccc2)cc1CCCC. The van der Waals surface area contributed by atoms with Gasteiger partial charge in [-0.3, -0.25) is 0 Å². The third-order valence-corrected chi connectivity index (χ3v) is 3.40. The van der Waals surface area contributed by atoms with Crippen LogP contribution in [0.25, 0.3) is 5.76 Å². The van der Waals surface area contributed by atoms with Gasteiger partial charge in [0.05, 0.1) is 7.11 Å². The van der Waals surface area contributed by atoms with Crippen LogP contribution in [-0.2, 0) is 11.2 Å². The van der Waals surface area contributed by atoms with Gasteiger partial charge in [0, 0.05) is 5.56 Å². The zero-order valence-corrected chi connectivity index (χ0v) is 12.8. The maximum absolute atomic E-state index is 5.90. The minimum absolute atomic E-state index is 0.701. The first-order valence-electron chi connectivity index (χ1n) is 7.33. The minimum Gasteiger partial charge on any atom is -0.497 e. The summed E-state index contributed by atoms with van der Waals surface area (Å²) >= 11 is 0. The Kier molecular flexibility index (Phi) is 5.44. The monoisotopic (exact) mass is 282 g/mol. The summed E-state index contributed by atoms with van der Waals surface area (Å²) in [7, 11) is 1.65. The number of hydrogen-bond donors (Lipinski definition) is 0. The molecule has 0 amide bonds. The molecule has 2 aromatic carbocycles. The van der Waals surface area contributed by atoms with Crippen molar-refractivity contribution in [1.29, 1.82) is 0 Å². The van der Waals surface area contributed by atoms with E-state index < -0.39 is 0 Å². The van der Waals surface area contributed by atoms with Crippen LogP contribution in [0.2, 0.25) is 0 Å². The Morgan fingerprint density at radius 3 is 2.48 bits per heavy atom. The quantitative estimate of drug-likeness (QED) is 0.630. The average Bonchev–Trinajstić information content (AvgIpc) is 2.53. The zero-order chi connectivity index (χ0) is 15.1. The number of hydrogen-bond acceptors (Lipinski definition) is 2. The zero-order valence-electron chi connectivity index (χ0n) is 12.8. The predicted octanol–water partition coefficient (Wildman–Crippen LogP) is 5.44. The molecular formula is C19H22O2. The Balaban J connectivity index is 2.25. The van der Waals surface area contributed by atoms with Crippen molar-refractivity contribution >= 4 is 5.76 Å². The molecule has 2 heteroatoms. The van der Waals surface area contributed by atoms with Gasteiger partial charge in [0.15, 0.2) is 0 Å². The van der Waals surface area contributed by atoms with Crippen molar-refractivity contribution in [3.63, 3.8) is 0 Å². The second-order valence-electron chi connectivity index (χ2n) is 4.96. The molecule has 0 radical (unpaired) electrons. The number of rotatable bonds is 7. The van der Waals surface area contributed by atoms with Crippen LogP contribution in [0, 0.1) is 0 Å². The highest BCUT2D eigenvalue weighted by atomic mass is 16.5. The van der Waals surface area contributed by atoms with E-state index >= 15 is 0 Å². The molecule has 0 heterocycles. The van der Waals surface area contributed by atoms with E-state index in [1.54, 1.807) is 7.11 Å². The number of methoxy groups -OCH3 is 1. The van der Waals surface area contributed by atoms with Gasteiger partial charge in [-0.1, -0.05) is 38.1 Å². The smallest absolute Gasteiger partial charge is 0.127 e. The number of para-hydroxylation sites is 1. The van der Waals surface area contributed by atoms with Crippen molar-refractivity contribution < 1.29 is 9.47 Å². The molecule has 21 heavy (non-hydrogen) atoms. The van der Waals surface area contributed by atoms with E-state index in [1.165, 1.54) is 5.56 Å². The molecule has 0 spiro atoms. The van der Waals surface area contributed by atoms with E-state index in [-0.39, 0.29) is 0 Å². The summed E-state index contributed by atoms with van der Waals surface area (Å²) in [6.45, 7) is 6.15. The first-order chi connectivity index (χ1) is 10.2. The van der Waals surface area contributed by atoms with E-state index in [4.69, 9.17) is 9.47 Å². The lowest BCUT2D eigenvalue weighted by molar-refractivity contribution is 0.370. The molecule has 0 aliphatic carbocycles. The highest BCUT2D eigenvalue weighted by molar-refractivity contribution is 5.62. The normalized spacial score (nSPS) is 10.2. The summed E-state index contributed by atoms with van der Waals surface area (Å²) in [6, 6.07) is 15.9. The number of benzene rings is 2. The van der Waals surface area contributed by atoms with Crippen LogP contribution >= 0.6 is 0 Å². The lowest BCUT2D eigenvalue weighted by Gasteiger charge is -2.13. The van der Waals surface area contributed by atoms with Crippen LogP contribution in [0.4, 0.5) is 0 Å². The molecule has 0 aliphatic heterocycles. The lowest BCUT2D eigenvalue weighted by atomic mass is 10.0. The highest BCUT2D eigenvalue weighted by Gasteiger charge is 2.08. The molecule has 0 unspecified atom stereocenters. The van der Waals surface area contributed by atoms with Crippen molar-refractivity contribution in [1.82, 2.24) is 0 Å². The van der Waals surface area contributed by atoms with Crippen LogP contribution < -0.4 is 4.74 Å². The molecule has 110 valence electrons. The van der Waals surface area contributed by atoms with Crippen molar-refractivity contribution in [2.24, 2.45) is 0 Å². The summed E-state index contributed by atoms with van der Waals surface area (Å²) in [4.78, 5) is 0. The summed E-state index contributed by atoms with van der Waals surface area (Å²) in [6.07, 6.45) is 3.29. The van der Waals surface area contributed by atoms with Gasteiger partial charge in [-0.05, 0) is 48.7 Å². The van der Waals surface area contributed by atoms with Gasteiger partial charge in [-0.25, -0.2) is 0 Å². The van der Waals surface area contributed by atoms with E-state index in [2.05, 4.69) is 19.6 Å². The van der Waals surface area contributed by atoms with Crippen LogP contribution in [0.3, 0.4) is 0 Å². The van der Waals surface area contributed by atoms with Crippen molar-refractivity contribution in [2.45, 2.75) is 26.2 Å². The van der Waals surface area contributed by atoms with Crippen LogP contribution in [0.15, 0.2) is 55.1 Å². The number of aryl methyl sites for hydroxylation is 1. The second-order valence-corrected chi connectivity index (χ2v) is 4.96. The van der Waals surface area contributed by atoms with Crippen molar-refractivity contribution in [2.75, 3.05) is 7.11 Å². The van der Waals surface area contributed by atoms with Gasteiger partial charge in [-0.15, -0.1) is 0 Å². The Labute approximate surface area is 127 Å². The van der Waals surface area contributed by atoms with Gasteiger partial charge >= 0.3 is 0 Å². The first kappa shape index (κ1) is 15.2. The molecule has 0 aromatic heterocycles. The fourth-order valence-corrected chi connectivity index (χ4v) is 2.21. The largest absolute Gasteiger partial charge is 0.497 e. The van der Waals surface area contributed by atoms with E-state index in [0.29, 0.717) is 5.76 Å². The fourth-order valence-electron chi connectivity index (χ4n) is 2.21. The summed E-state index contributed by atoms with van der Waals surface area (Å²) in [5, 5.41) is 0. The summed E-state index contributed by atoms with van der Waals surface area (Å²) in [5.41, 5.74) is 2.28. The van der Waals surface area contributed by atoms with Crippen LogP contribution in [0.1, 0.15) is 30.9 Å². The maximum atomic E-state index is 5.90. The Bertz CT molecular complexity index is 588. The van der Waals surface area contributed by atoms with Gasteiger partial charge < -0.3 is 9.47 Å². The van der Waals surface area contributed by atoms with Crippen LogP contribution in [0.5, 0.6) is 11.5 Å². The summed E-state index contributed by atoms with van der Waals surface area (Å²) in [5.74, 6) is 2.39. The molecule has 2 aromatic rings. The molecule has 0 atom stereocenters. The molecule has 0 N–H and O–H groups in total.